The van der Waals surface area contributed by atoms with Crippen LogP contribution in [0.15, 0.2) is 48.5 Å². The van der Waals surface area contributed by atoms with Gasteiger partial charge >= 0.3 is 0 Å². The quantitative estimate of drug-likeness (QED) is 0.666. The molecule has 0 aromatic heterocycles. The van der Waals surface area contributed by atoms with Gasteiger partial charge in [-0.1, -0.05) is 36.4 Å². The summed E-state index contributed by atoms with van der Waals surface area (Å²) >= 11 is 5.39. The summed E-state index contributed by atoms with van der Waals surface area (Å²) in [4.78, 5) is 12.6. The summed E-state index contributed by atoms with van der Waals surface area (Å²) in [5.74, 6) is 0.266. The van der Waals surface area contributed by atoms with Gasteiger partial charge in [-0.3, -0.25) is 10.1 Å². The Morgan fingerprint density at radius 3 is 2.56 bits per heavy atom. The molecule has 0 heterocycles. The first-order chi connectivity index (χ1) is 13.1. The zero-order chi connectivity index (χ0) is 19.0. The van der Waals surface area contributed by atoms with E-state index in [0.717, 1.165) is 29.5 Å². The molecule has 1 aliphatic carbocycles. The molecule has 1 aliphatic rings. The van der Waals surface area contributed by atoms with E-state index in [4.69, 9.17) is 17.0 Å². The molecule has 0 bridgehead atoms. The lowest BCUT2D eigenvalue weighted by atomic mass is 10.0. The fourth-order valence-electron chi connectivity index (χ4n) is 3.78. The summed E-state index contributed by atoms with van der Waals surface area (Å²) in [5, 5.41) is 8.64. The number of carbonyl (C=O) groups excluding carboxylic acids is 1. The summed E-state index contributed by atoms with van der Waals surface area (Å²) in [7, 11) is 1.56. The van der Waals surface area contributed by atoms with Crippen molar-refractivity contribution in [3.05, 3.63) is 70.8 Å². The number of ether oxygens (including phenoxy) is 1. The molecule has 2 N–H and O–H groups in total. The Bertz CT molecular complexity index is 1070. The minimum absolute atomic E-state index is 0.266. The van der Waals surface area contributed by atoms with E-state index in [1.807, 2.05) is 25.1 Å². The summed E-state index contributed by atoms with van der Waals surface area (Å²) in [5.41, 5.74) is 4.99. The molecule has 0 unspecified atom stereocenters. The zero-order valence-electron chi connectivity index (χ0n) is 15.3. The van der Waals surface area contributed by atoms with Crippen LogP contribution in [-0.2, 0) is 12.8 Å². The van der Waals surface area contributed by atoms with Crippen molar-refractivity contribution in [3.8, 4) is 5.75 Å². The number of thiocarbonyl (C=S) groups is 1. The predicted molar refractivity (Wildman–Crippen MR) is 113 cm³/mol. The van der Waals surface area contributed by atoms with Crippen molar-refractivity contribution in [2.24, 2.45) is 0 Å². The molecule has 3 aromatic carbocycles. The molecule has 136 valence electrons. The third-order valence-electron chi connectivity index (χ3n) is 5.01. The fourth-order valence-corrected chi connectivity index (χ4v) is 3.98. The zero-order valence-corrected chi connectivity index (χ0v) is 16.1. The number of aryl methyl sites for hydroxylation is 3. The summed E-state index contributed by atoms with van der Waals surface area (Å²) < 4.78 is 5.36. The highest BCUT2D eigenvalue weighted by atomic mass is 32.1. The molecular weight excluding hydrogens is 356 g/mol. The van der Waals surface area contributed by atoms with E-state index in [0.29, 0.717) is 11.3 Å². The van der Waals surface area contributed by atoms with Crippen molar-refractivity contribution in [2.75, 3.05) is 12.4 Å². The minimum atomic E-state index is -0.293. The Kier molecular flexibility index (Phi) is 4.54. The lowest BCUT2D eigenvalue weighted by molar-refractivity contribution is 0.0974. The van der Waals surface area contributed by atoms with Crippen molar-refractivity contribution in [1.82, 2.24) is 5.32 Å². The maximum atomic E-state index is 12.6. The van der Waals surface area contributed by atoms with Crippen LogP contribution in [-0.4, -0.2) is 18.1 Å². The SMILES string of the molecule is COc1c(C)cccc1C(=O)NC(=S)Nc1ccc2c3c(cccc13)CC2. The van der Waals surface area contributed by atoms with Crippen LogP contribution < -0.4 is 15.4 Å². The Balaban J connectivity index is 1.57. The number of amides is 1. The Morgan fingerprint density at radius 1 is 1.04 bits per heavy atom. The van der Waals surface area contributed by atoms with Gasteiger partial charge in [0, 0.05) is 11.1 Å². The topological polar surface area (TPSA) is 50.4 Å². The molecular formula is C22H20N2O2S. The van der Waals surface area contributed by atoms with E-state index in [1.165, 1.54) is 16.5 Å². The van der Waals surface area contributed by atoms with Crippen LogP contribution in [0.1, 0.15) is 27.0 Å². The summed E-state index contributed by atoms with van der Waals surface area (Å²) in [6.07, 6.45) is 2.15. The number of para-hydroxylation sites is 1. The Labute approximate surface area is 163 Å². The highest BCUT2D eigenvalue weighted by Gasteiger charge is 2.18. The van der Waals surface area contributed by atoms with Gasteiger partial charge in [-0.05, 0) is 66.2 Å². The maximum Gasteiger partial charge on any atom is 0.261 e. The number of nitrogens with one attached hydrogen (secondary N) is 2. The molecule has 3 aromatic rings. The number of hydrogen-bond acceptors (Lipinski definition) is 3. The van der Waals surface area contributed by atoms with Gasteiger partial charge < -0.3 is 10.1 Å². The van der Waals surface area contributed by atoms with Gasteiger partial charge in [-0.2, -0.15) is 0 Å². The first-order valence-corrected chi connectivity index (χ1v) is 9.28. The first kappa shape index (κ1) is 17.5. The molecule has 0 aliphatic heterocycles. The van der Waals surface area contributed by atoms with Crippen LogP contribution in [0.3, 0.4) is 0 Å². The first-order valence-electron chi connectivity index (χ1n) is 8.88. The molecule has 0 atom stereocenters. The predicted octanol–water partition coefficient (Wildman–Crippen LogP) is 4.38. The van der Waals surface area contributed by atoms with E-state index in [2.05, 4.69) is 34.9 Å². The molecule has 27 heavy (non-hydrogen) atoms. The van der Waals surface area contributed by atoms with Crippen molar-refractivity contribution < 1.29 is 9.53 Å². The van der Waals surface area contributed by atoms with E-state index in [-0.39, 0.29) is 11.0 Å². The number of hydrogen-bond donors (Lipinski definition) is 2. The number of anilines is 1. The van der Waals surface area contributed by atoms with Crippen LogP contribution in [0.5, 0.6) is 5.75 Å². The largest absolute Gasteiger partial charge is 0.496 e. The van der Waals surface area contributed by atoms with Crippen LogP contribution in [0.4, 0.5) is 5.69 Å². The van der Waals surface area contributed by atoms with Crippen molar-refractivity contribution in [3.63, 3.8) is 0 Å². The van der Waals surface area contributed by atoms with Gasteiger partial charge in [0.1, 0.15) is 5.75 Å². The van der Waals surface area contributed by atoms with Gasteiger partial charge in [-0.15, -0.1) is 0 Å². The average molecular weight is 376 g/mol. The number of carbonyl (C=O) groups is 1. The van der Waals surface area contributed by atoms with Crippen LogP contribution >= 0.6 is 12.2 Å². The molecule has 4 rings (SSSR count). The second-order valence-corrected chi connectivity index (χ2v) is 7.08. The highest BCUT2D eigenvalue weighted by Crippen LogP contribution is 2.35. The monoisotopic (exact) mass is 376 g/mol. The van der Waals surface area contributed by atoms with Gasteiger partial charge in [0.2, 0.25) is 0 Å². The molecule has 5 heteroatoms. The van der Waals surface area contributed by atoms with Crippen LogP contribution in [0.25, 0.3) is 10.8 Å². The third kappa shape index (κ3) is 3.15. The Hall–Kier alpha value is -2.92. The average Bonchev–Trinajstić information content (AvgIpc) is 3.08. The summed E-state index contributed by atoms with van der Waals surface area (Å²) in [6, 6.07) is 15.9. The molecule has 0 saturated carbocycles. The van der Waals surface area contributed by atoms with Crippen molar-refractivity contribution in [2.45, 2.75) is 19.8 Å². The van der Waals surface area contributed by atoms with E-state index >= 15 is 0 Å². The van der Waals surface area contributed by atoms with Gasteiger partial charge in [0.15, 0.2) is 5.11 Å². The lowest BCUT2D eigenvalue weighted by Gasteiger charge is -2.14. The van der Waals surface area contributed by atoms with E-state index < -0.39 is 0 Å². The molecule has 4 nitrogen and oxygen atoms in total. The molecule has 1 amide bonds. The van der Waals surface area contributed by atoms with Gasteiger partial charge in [-0.25, -0.2) is 0 Å². The second-order valence-electron chi connectivity index (χ2n) is 6.68. The van der Waals surface area contributed by atoms with Crippen molar-refractivity contribution in [1.29, 1.82) is 0 Å². The Morgan fingerprint density at radius 2 is 1.78 bits per heavy atom. The standard InChI is InChI=1S/C22H20N2O2S/c1-13-5-3-8-17(20(13)26-2)21(25)24-22(27)23-18-12-11-15-10-9-14-6-4-7-16(18)19(14)15/h3-8,11-12H,9-10H2,1-2H3,(H2,23,24,25,27). The number of benzene rings is 3. The van der Waals surface area contributed by atoms with E-state index in [1.54, 1.807) is 13.2 Å². The third-order valence-corrected chi connectivity index (χ3v) is 5.22. The van der Waals surface area contributed by atoms with Crippen LogP contribution in [0.2, 0.25) is 0 Å². The molecule has 0 spiro atoms. The number of rotatable bonds is 3. The molecule has 0 saturated heterocycles. The van der Waals surface area contributed by atoms with Crippen LogP contribution in [0, 0.1) is 6.92 Å². The van der Waals surface area contributed by atoms with Gasteiger partial charge in [0.05, 0.1) is 12.7 Å². The maximum absolute atomic E-state index is 12.6. The second kappa shape index (κ2) is 7.00. The van der Waals surface area contributed by atoms with Crippen molar-refractivity contribution >= 4 is 39.7 Å². The summed E-state index contributed by atoms with van der Waals surface area (Å²) in [6.45, 7) is 1.90. The molecule has 0 fully saturated rings. The number of methoxy groups -OCH3 is 1. The smallest absolute Gasteiger partial charge is 0.261 e. The highest BCUT2D eigenvalue weighted by molar-refractivity contribution is 7.80. The normalized spacial score (nSPS) is 12.1. The minimum Gasteiger partial charge on any atom is -0.496 e. The van der Waals surface area contributed by atoms with Gasteiger partial charge in [0.25, 0.3) is 5.91 Å². The molecule has 0 radical (unpaired) electrons. The lowest BCUT2D eigenvalue weighted by Crippen LogP contribution is -2.34. The fraction of sp³-hybridized carbons (Fsp3) is 0.182. The van der Waals surface area contributed by atoms with E-state index in [9.17, 15) is 4.79 Å².